The van der Waals surface area contributed by atoms with Crippen LogP contribution in [-0.4, -0.2) is 41.3 Å². The summed E-state index contributed by atoms with van der Waals surface area (Å²) >= 11 is 1.43. The number of aromatic nitrogens is 1. The molecule has 9 heteroatoms. The quantitative estimate of drug-likeness (QED) is 0.406. The SMILES string of the molecule is CNC1CCCCC1NC(=O)C1Sc2nccc3c2C1NC(=O)N3c1ccc(Oc2ccccc2)cc1C. The number of aryl methyl sites for hydroxylation is 1. The molecule has 4 atom stereocenters. The van der Waals surface area contributed by atoms with Crippen molar-refractivity contribution < 1.29 is 14.3 Å². The number of urea groups is 1. The van der Waals surface area contributed by atoms with E-state index < -0.39 is 11.3 Å². The van der Waals surface area contributed by atoms with Gasteiger partial charge >= 0.3 is 6.03 Å². The predicted molar refractivity (Wildman–Crippen MR) is 148 cm³/mol. The van der Waals surface area contributed by atoms with Crippen molar-refractivity contribution in [3.63, 3.8) is 0 Å². The van der Waals surface area contributed by atoms with E-state index in [1.54, 1.807) is 11.1 Å². The Morgan fingerprint density at radius 1 is 1.05 bits per heavy atom. The van der Waals surface area contributed by atoms with Crippen molar-refractivity contribution in [2.24, 2.45) is 0 Å². The van der Waals surface area contributed by atoms with Crippen LogP contribution in [0.25, 0.3) is 0 Å². The Kier molecular flexibility index (Phi) is 6.71. The molecule has 1 aromatic heterocycles. The van der Waals surface area contributed by atoms with Gasteiger partial charge in [0.05, 0.1) is 17.4 Å². The van der Waals surface area contributed by atoms with Crippen LogP contribution in [0.4, 0.5) is 16.2 Å². The molecule has 3 aromatic rings. The number of anilines is 2. The first-order valence-corrected chi connectivity index (χ1v) is 14.0. The molecule has 1 fully saturated rings. The van der Waals surface area contributed by atoms with E-state index in [2.05, 4.69) is 20.9 Å². The first kappa shape index (κ1) is 24.8. The number of carbonyl (C=O) groups excluding carboxylic acids is 2. The van der Waals surface area contributed by atoms with Gasteiger partial charge in [-0.2, -0.15) is 0 Å². The van der Waals surface area contributed by atoms with Gasteiger partial charge in [-0.3, -0.25) is 9.69 Å². The number of benzene rings is 2. The minimum absolute atomic E-state index is 0.0524. The number of pyridine rings is 1. The zero-order valence-electron chi connectivity index (χ0n) is 21.4. The zero-order valence-corrected chi connectivity index (χ0v) is 22.3. The lowest BCUT2D eigenvalue weighted by molar-refractivity contribution is -0.122. The normalized spacial score (nSPS) is 23.9. The van der Waals surface area contributed by atoms with Crippen LogP contribution >= 0.6 is 11.8 Å². The first-order valence-electron chi connectivity index (χ1n) is 13.1. The van der Waals surface area contributed by atoms with Gasteiger partial charge in [-0.1, -0.05) is 42.8 Å². The summed E-state index contributed by atoms with van der Waals surface area (Å²) in [7, 11) is 1.95. The van der Waals surface area contributed by atoms with Crippen molar-refractivity contribution in [2.45, 2.75) is 61.0 Å². The fourth-order valence-corrected chi connectivity index (χ4v) is 6.98. The van der Waals surface area contributed by atoms with Crippen molar-refractivity contribution >= 4 is 35.1 Å². The van der Waals surface area contributed by atoms with Crippen LogP contribution in [0.1, 0.15) is 42.9 Å². The molecular formula is C29H31N5O3S. The van der Waals surface area contributed by atoms with Gasteiger partial charge in [-0.25, -0.2) is 9.78 Å². The third-order valence-electron chi connectivity index (χ3n) is 7.62. The molecule has 2 aliphatic heterocycles. The molecule has 0 spiro atoms. The summed E-state index contributed by atoms with van der Waals surface area (Å²) in [4.78, 5) is 33.3. The lowest BCUT2D eigenvalue weighted by Gasteiger charge is -2.36. The highest BCUT2D eigenvalue weighted by Gasteiger charge is 2.47. The summed E-state index contributed by atoms with van der Waals surface area (Å²) in [5.41, 5.74) is 3.31. The van der Waals surface area contributed by atoms with Gasteiger partial charge in [0, 0.05) is 23.8 Å². The highest BCUT2D eigenvalue weighted by molar-refractivity contribution is 8.01. The standard InChI is InChI=1S/C29H31N5O3S/c1-17-16-19(37-18-8-4-3-5-9-18)12-13-22(17)34-23-14-15-31-28-24(23)25(33-29(34)36)26(38-28)27(35)32-21-11-7-6-10-20(21)30-2/h3-5,8-9,12-16,20-21,25-26,30H,6-7,10-11H2,1-2H3,(H,32,35)(H,33,36). The largest absolute Gasteiger partial charge is 0.457 e. The van der Waals surface area contributed by atoms with Gasteiger partial charge in [0.15, 0.2) is 0 Å². The van der Waals surface area contributed by atoms with Crippen molar-refractivity contribution in [1.82, 2.24) is 20.9 Å². The number of carbonyl (C=O) groups is 2. The number of hydrogen-bond acceptors (Lipinski definition) is 6. The van der Waals surface area contributed by atoms with Crippen LogP contribution in [0.3, 0.4) is 0 Å². The summed E-state index contributed by atoms with van der Waals surface area (Å²) in [5, 5.41) is 10.1. The fraction of sp³-hybridized carbons (Fsp3) is 0.345. The molecule has 2 aromatic carbocycles. The number of hydrogen-bond donors (Lipinski definition) is 3. The Morgan fingerprint density at radius 2 is 1.84 bits per heavy atom. The Labute approximate surface area is 226 Å². The van der Waals surface area contributed by atoms with Gasteiger partial charge in [0.2, 0.25) is 5.91 Å². The zero-order chi connectivity index (χ0) is 26.2. The number of nitrogens with one attached hydrogen (secondary N) is 3. The van der Waals surface area contributed by atoms with Crippen molar-refractivity contribution in [1.29, 1.82) is 0 Å². The van der Waals surface area contributed by atoms with E-state index in [1.807, 2.05) is 68.6 Å². The van der Waals surface area contributed by atoms with E-state index in [9.17, 15) is 9.59 Å². The highest BCUT2D eigenvalue weighted by Crippen LogP contribution is 2.51. The fourth-order valence-electron chi connectivity index (χ4n) is 5.75. The third-order valence-corrected chi connectivity index (χ3v) is 8.91. The molecule has 0 bridgehead atoms. The molecule has 3 aliphatic rings. The maximum Gasteiger partial charge on any atom is 0.327 e. The van der Waals surface area contributed by atoms with Gasteiger partial charge in [-0.05, 0) is 68.8 Å². The number of amides is 3. The molecule has 3 amide bonds. The Bertz CT molecular complexity index is 1370. The lowest BCUT2D eigenvalue weighted by atomic mass is 9.90. The summed E-state index contributed by atoms with van der Waals surface area (Å²) in [6.07, 6.45) is 6.00. The Balaban J connectivity index is 1.26. The van der Waals surface area contributed by atoms with Crippen molar-refractivity contribution in [3.05, 3.63) is 71.9 Å². The van der Waals surface area contributed by atoms with Crippen LogP contribution in [0.5, 0.6) is 11.5 Å². The second-order valence-corrected chi connectivity index (χ2v) is 11.1. The predicted octanol–water partition coefficient (Wildman–Crippen LogP) is 5.21. The molecular weight excluding hydrogens is 498 g/mol. The van der Waals surface area contributed by atoms with Crippen LogP contribution in [-0.2, 0) is 4.79 Å². The van der Waals surface area contributed by atoms with E-state index in [0.717, 1.165) is 52.5 Å². The number of ether oxygens (including phenoxy) is 1. The molecule has 38 heavy (non-hydrogen) atoms. The first-order chi connectivity index (χ1) is 18.5. The van der Waals surface area contributed by atoms with Gasteiger partial charge < -0.3 is 20.7 Å². The van der Waals surface area contributed by atoms with Crippen LogP contribution < -0.4 is 25.6 Å². The van der Waals surface area contributed by atoms with Crippen molar-refractivity contribution in [3.8, 4) is 11.5 Å². The molecule has 3 N–H and O–H groups in total. The van der Waals surface area contributed by atoms with E-state index >= 15 is 0 Å². The molecule has 1 saturated carbocycles. The second kappa shape index (κ2) is 10.3. The summed E-state index contributed by atoms with van der Waals surface area (Å²) in [6, 6.07) is 16.8. The van der Waals surface area contributed by atoms with E-state index in [0.29, 0.717) is 5.75 Å². The second-order valence-electron chi connectivity index (χ2n) is 10.0. The van der Waals surface area contributed by atoms with Gasteiger partial charge in [0.25, 0.3) is 0 Å². The molecule has 8 nitrogen and oxygen atoms in total. The van der Waals surface area contributed by atoms with Crippen LogP contribution in [0.2, 0.25) is 0 Å². The smallest absolute Gasteiger partial charge is 0.327 e. The monoisotopic (exact) mass is 529 g/mol. The minimum atomic E-state index is -0.466. The summed E-state index contributed by atoms with van der Waals surface area (Å²) < 4.78 is 5.98. The third kappa shape index (κ3) is 4.50. The topological polar surface area (TPSA) is 95.6 Å². The average molecular weight is 530 g/mol. The Hall–Kier alpha value is -3.56. The number of likely N-dealkylation sites (N-methyl/N-ethyl adjacent to an activating group) is 1. The summed E-state index contributed by atoms with van der Waals surface area (Å²) in [5.74, 6) is 1.40. The van der Waals surface area contributed by atoms with Gasteiger partial charge in [0.1, 0.15) is 21.8 Å². The maximum absolute atomic E-state index is 13.5. The maximum atomic E-state index is 13.5. The van der Waals surface area contributed by atoms with Crippen LogP contribution in [0.15, 0.2) is 65.8 Å². The highest BCUT2D eigenvalue weighted by atomic mass is 32.2. The van der Waals surface area contributed by atoms with Crippen LogP contribution in [0, 0.1) is 6.92 Å². The van der Waals surface area contributed by atoms with E-state index in [4.69, 9.17) is 4.74 Å². The number of thioether (sulfide) groups is 1. The van der Waals surface area contributed by atoms with Crippen molar-refractivity contribution in [2.75, 3.05) is 11.9 Å². The Morgan fingerprint density at radius 3 is 2.61 bits per heavy atom. The molecule has 3 heterocycles. The molecule has 1 aliphatic carbocycles. The molecule has 0 saturated heterocycles. The molecule has 196 valence electrons. The van der Waals surface area contributed by atoms with Gasteiger partial charge in [-0.15, -0.1) is 0 Å². The molecule has 6 rings (SSSR count). The molecule has 0 radical (unpaired) electrons. The summed E-state index contributed by atoms with van der Waals surface area (Å²) in [6.45, 7) is 1.96. The minimum Gasteiger partial charge on any atom is -0.457 e. The van der Waals surface area contributed by atoms with E-state index in [-0.39, 0.29) is 24.0 Å². The average Bonchev–Trinajstić information content (AvgIpc) is 3.30. The molecule has 4 unspecified atom stereocenters. The number of nitrogens with zero attached hydrogens (tertiary/aromatic N) is 2. The van der Waals surface area contributed by atoms with E-state index in [1.165, 1.54) is 18.2 Å². The number of para-hydroxylation sites is 1. The number of rotatable bonds is 6. The lowest BCUT2D eigenvalue weighted by Crippen LogP contribution is -2.54.